The van der Waals surface area contributed by atoms with Crippen LogP contribution in [0.4, 0.5) is 0 Å². The molecule has 1 heterocycles. The minimum Gasteiger partial charge on any atom is -0.546 e. The Hall–Kier alpha value is -1.32. The van der Waals surface area contributed by atoms with Gasteiger partial charge in [0.15, 0.2) is 0 Å². The number of unbranched alkanes of at least 4 members (excludes halogenated alkanes) is 4. The highest BCUT2D eigenvalue weighted by Gasteiger charge is 2.16. The van der Waals surface area contributed by atoms with E-state index in [1.807, 2.05) is 17.0 Å². The molecule has 0 bridgehead atoms. The van der Waals surface area contributed by atoms with Crippen molar-refractivity contribution < 1.29 is 14.5 Å². The van der Waals surface area contributed by atoms with Crippen molar-refractivity contribution in [2.75, 3.05) is 0 Å². The topological polar surface area (TPSA) is 48.9 Å². The van der Waals surface area contributed by atoms with Crippen molar-refractivity contribution in [3.63, 3.8) is 0 Å². The third kappa shape index (κ3) is 5.45. The van der Waals surface area contributed by atoms with Gasteiger partial charge in [0.2, 0.25) is 0 Å². The van der Waals surface area contributed by atoms with Gasteiger partial charge < -0.3 is 9.90 Å². The molecular weight excluding hydrogens is 240 g/mol. The SMILES string of the molecule is CCCCCCc1n(CCCC)cc[n+]1CC(=O)[O-]. The van der Waals surface area contributed by atoms with E-state index in [9.17, 15) is 9.90 Å². The van der Waals surface area contributed by atoms with Gasteiger partial charge in [-0.2, -0.15) is 0 Å². The average Bonchev–Trinajstić information content (AvgIpc) is 2.74. The third-order valence-corrected chi connectivity index (χ3v) is 3.40. The number of carbonyl (C=O) groups excluding carboxylic acids is 1. The van der Waals surface area contributed by atoms with Crippen LogP contribution in [0.2, 0.25) is 0 Å². The number of carboxylic acid groups (broad SMARTS) is 1. The maximum absolute atomic E-state index is 10.8. The number of rotatable bonds is 10. The van der Waals surface area contributed by atoms with Crippen LogP contribution in [0.25, 0.3) is 0 Å². The first-order valence-electron chi connectivity index (χ1n) is 7.46. The molecule has 0 radical (unpaired) electrons. The lowest BCUT2D eigenvalue weighted by Crippen LogP contribution is -2.45. The molecule has 108 valence electrons. The van der Waals surface area contributed by atoms with Gasteiger partial charge in [0.25, 0.3) is 5.82 Å². The van der Waals surface area contributed by atoms with E-state index in [1.165, 1.54) is 19.3 Å². The van der Waals surface area contributed by atoms with Crippen molar-refractivity contribution in [3.05, 3.63) is 18.2 Å². The Morgan fingerprint density at radius 3 is 2.58 bits per heavy atom. The normalized spacial score (nSPS) is 10.8. The summed E-state index contributed by atoms with van der Waals surface area (Å²) in [7, 11) is 0. The zero-order valence-corrected chi connectivity index (χ0v) is 12.2. The summed E-state index contributed by atoms with van der Waals surface area (Å²) in [6, 6.07) is 0. The molecule has 19 heavy (non-hydrogen) atoms. The first-order chi connectivity index (χ1) is 9.19. The predicted octanol–water partition coefficient (Wildman–Crippen LogP) is 1.45. The van der Waals surface area contributed by atoms with E-state index in [0.29, 0.717) is 0 Å². The molecule has 0 saturated carbocycles. The Labute approximate surface area is 116 Å². The van der Waals surface area contributed by atoms with Crippen LogP contribution in [0.5, 0.6) is 0 Å². The minimum absolute atomic E-state index is 0.0394. The summed E-state index contributed by atoms with van der Waals surface area (Å²) in [5.41, 5.74) is 0. The molecule has 1 aromatic rings. The van der Waals surface area contributed by atoms with E-state index in [0.717, 1.165) is 38.1 Å². The van der Waals surface area contributed by atoms with Crippen molar-refractivity contribution in [1.82, 2.24) is 4.57 Å². The Morgan fingerprint density at radius 1 is 1.21 bits per heavy atom. The zero-order valence-electron chi connectivity index (χ0n) is 12.2. The van der Waals surface area contributed by atoms with Crippen molar-refractivity contribution >= 4 is 5.97 Å². The van der Waals surface area contributed by atoms with Crippen LogP contribution in [0, 0.1) is 0 Å². The molecule has 0 aliphatic rings. The highest BCUT2D eigenvalue weighted by molar-refractivity contribution is 5.62. The van der Waals surface area contributed by atoms with Crippen LogP contribution < -0.4 is 9.67 Å². The second-order valence-corrected chi connectivity index (χ2v) is 5.07. The molecule has 1 aromatic heterocycles. The van der Waals surface area contributed by atoms with Gasteiger partial charge in [-0.25, -0.2) is 9.13 Å². The second kappa shape index (κ2) is 8.73. The first-order valence-corrected chi connectivity index (χ1v) is 7.46. The van der Waals surface area contributed by atoms with Crippen molar-refractivity contribution in [2.45, 2.75) is 71.9 Å². The molecule has 0 fully saturated rings. The molecular formula is C15H26N2O2. The predicted molar refractivity (Wildman–Crippen MR) is 72.4 cm³/mol. The number of aliphatic carboxylic acids is 1. The smallest absolute Gasteiger partial charge is 0.256 e. The minimum atomic E-state index is -1.02. The van der Waals surface area contributed by atoms with Gasteiger partial charge in [0.05, 0.1) is 12.5 Å². The van der Waals surface area contributed by atoms with Crippen LogP contribution >= 0.6 is 0 Å². The monoisotopic (exact) mass is 266 g/mol. The summed E-state index contributed by atoms with van der Waals surface area (Å²) in [5, 5.41) is 10.8. The molecule has 0 amide bonds. The summed E-state index contributed by atoms with van der Waals surface area (Å²) in [4.78, 5) is 10.8. The maximum atomic E-state index is 10.8. The number of hydrogen-bond donors (Lipinski definition) is 0. The quantitative estimate of drug-likeness (QED) is 0.475. The summed E-state index contributed by atoms with van der Waals surface area (Å²) >= 11 is 0. The number of carboxylic acids is 1. The fourth-order valence-corrected chi connectivity index (χ4v) is 2.31. The van der Waals surface area contributed by atoms with E-state index in [-0.39, 0.29) is 6.54 Å². The molecule has 0 aromatic carbocycles. The average molecular weight is 266 g/mol. The second-order valence-electron chi connectivity index (χ2n) is 5.07. The molecule has 0 saturated heterocycles. The van der Waals surface area contributed by atoms with Gasteiger partial charge in [0.1, 0.15) is 18.9 Å². The van der Waals surface area contributed by atoms with E-state index >= 15 is 0 Å². The third-order valence-electron chi connectivity index (χ3n) is 3.40. The van der Waals surface area contributed by atoms with E-state index < -0.39 is 5.97 Å². The fourth-order valence-electron chi connectivity index (χ4n) is 2.31. The van der Waals surface area contributed by atoms with Gasteiger partial charge >= 0.3 is 0 Å². The molecule has 0 atom stereocenters. The van der Waals surface area contributed by atoms with Gasteiger partial charge in [-0.3, -0.25) is 0 Å². The van der Waals surface area contributed by atoms with Crippen LogP contribution in [-0.4, -0.2) is 10.5 Å². The summed E-state index contributed by atoms with van der Waals surface area (Å²) in [5.74, 6) is 0.0989. The van der Waals surface area contributed by atoms with Crippen LogP contribution in [0.15, 0.2) is 12.4 Å². The lowest BCUT2D eigenvalue weighted by atomic mass is 10.1. The lowest BCUT2D eigenvalue weighted by Gasteiger charge is -2.06. The summed E-state index contributed by atoms with van der Waals surface area (Å²) in [6.07, 6.45) is 11.9. The number of carbonyl (C=O) groups is 1. The molecule has 0 spiro atoms. The number of imidazole rings is 1. The molecule has 0 aliphatic carbocycles. The summed E-state index contributed by atoms with van der Waals surface area (Å²) < 4.78 is 4.01. The van der Waals surface area contributed by atoms with Crippen molar-refractivity contribution in [3.8, 4) is 0 Å². The molecule has 0 N–H and O–H groups in total. The molecule has 4 nitrogen and oxygen atoms in total. The Morgan fingerprint density at radius 2 is 1.95 bits per heavy atom. The Balaban J connectivity index is 2.68. The molecule has 4 heteroatoms. The number of aryl methyl sites for hydroxylation is 1. The highest BCUT2D eigenvalue weighted by Crippen LogP contribution is 2.07. The first kappa shape index (κ1) is 15.7. The van der Waals surface area contributed by atoms with E-state index in [2.05, 4.69) is 18.4 Å². The number of nitrogens with zero attached hydrogens (tertiary/aromatic N) is 2. The standard InChI is InChI=1S/C15H26N2O2/c1-3-5-7-8-9-14-16(10-6-4-2)11-12-17(14)13-15(18)19/h11-12H,3-10,13H2,1-2H3. The number of aromatic nitrogens is 2. The van der Waals surface area contributed by atoms with Crippen molar-refractivity contribution in [1.29, 1.82) is 0 Å². The summed E-state index contributed by atoms with van der Waals surface area (Å²) in [6.45, 7) is 5.29. The highest BCUT2D eigenvalue weighted by atomic mass is 16.4. The lowest BCUT2D eigenvalue weighted by molar-refractivity contribution is -0.697. The molecule has 1 rings (SSSR count). The number of hydrogen-bond acceptors (Lipinski definition) is 2. The zero-order chi connectivity index (χ0) is 14.1. The van der Waals surface area contributed by atoms with Gasteiger partial charge in [-0.05, 0) is 12.8 Å². The maximum Gasteiger partial charge on any atom is 0.256 e. The van der Waals surface area contributed by atoms with Crippen LogP contribution in [0.1, 0.15) is 58.2 Å². The van der Waals surface area contributed by atoms with Crippen LogP contribution in [-0.2, 0) is 24.3 Å². The largest absolute Gasteiger partial charge is 0.546 e. The van der Waals surface area contributed by atoms with Crippen molar-refractivity contribution in [2.24, 2.45) is 0 Å². The van der Waals surface area contributed by atoms with Gasteiger partial charge in [-0.1, -0.05) is 39.5 Å². The van der Waals surface area contributed by atoms with Gasteiger partial charge in [0, 0.05) is 6.42 Å². The molecule has 0 aliphatic heterocycles. The van der Waals surface area contributed by atoms with Gasteiger partial charge in [-0.15, -0.1) is 0 Å². The van der Waals surface area contributed by atoms with E-state index in [1.54, 1.807) is 0 Å². The van der Waals surface area contributed by atoms with E-state index in [4.69, 9.17) is 0 Å². The van der Waals surface area contributed by atoms with Crippen LogP contribution in [0.3, 0.4) is 0 Å². The fraction of sp³-hybridized carbons (Fsp3) is 0.733. The Kier molecular flexibility index (Phi) is 7.23. The Bertz CT molecular complexity index is 385. The molecule has 0 unspecified atom stereocenters.